The van der Waals surface area contributed by atoms with Crippen LogP contribution in [0.15, 0.2) is 110 Å². The fraction of sp³-hybridized carbons (Fsp3) is 0.0541. The van der Waals surface area contributed by atoms with Gasteiger partial charge in [0.1, 0.15) is 0 Å². The molecule has 6 aromatic rings. The van der Waals surface area contributed by atoms with Crippen molar-refractivity contribution >= 4 is 66.7 Å². The van der Waals surface area contributed by atoms with Gasteiger partial charge in [0.25, 0.3) is 0 Å². The van der Waals surface area contributed by atoms with Gasteiger partial charge in [-0.3, -0.25) is 4.98 Å². The number of hydrogen-bond donors (Lipinski definition) is 0. The van der Waals surface area contributed by atoms with Crippen LogP contribution in [0.2, 0.25) is 0 Å². The van der Waals surface area contributed by atoms with Crippen molar-refractivity contribution in [1.82, 2.24) is 4.98 Å². The molecule has 0 aliphatic carbocycles. The van der Waals surface area contributed by atoms with Crippen molar-refractivity contribution in [2.45, 2.75) is 13.8 Å². The molecule has 39 heavy (non-hydrogen) atoms. The third kappa shape index (κ3) is 4.54. The van der Waals surface area contributed by atoms with Gasteiger partial charge in [-0.15, -0.1) is 11.3 Å². The van der Waals surface area contributed by atoms with Crippen LogP contribution in [0.3, 0.4) is 0 Å². The molecule has 0 aliphatic heterocycles. The minimum absolute atomic E-state index is 1.02. The number of allylic oxidation sites excluding steroid dienone is 4. The van der Waals surface area contributed by atoms with Crippen LogP contribution in [-0.4, -0.2) is 4.98 Å². The molecule has 2 aromatic heterocycles. The smallest absolute Gasteiger partial charge is 0.0708 e. The molecule has 0 saturated heterocycles. The van der Waals surface area contributed by atoms with Crippen LogP contribution in [-0.2, 0) is 0 Å². The molecular formula is C37H29NS. The minimum atomic E-state index is 1.02. The van der Waals surface area contributed by atoms with Gasteiger partial charge in [0.15, 0.2) is 0 Å². The van der Waals surface area contributed by atoms with Gasteiger partial charge in [0.2, 0.25) is 0 Å². The van der Waals surface area contributed by atoms with Crippen LogP contribution in [0.4, 0.5) is 0 Å². The van der Waals surface area contributed by atoms with E-state index in [1.54, 1.807) is 6.08 Å². The molecule has 1 nitrogen and oxygen atoms in total. The third-order valence-electron chi connectivity index (χ3n) is 7.49. The summed E-state index contributed by atoms with van der Waals surface area (Å²) in [5, 5.41) is 5.98. The highest BCUT2D eigenvalue weighted by Crippen LogP contribution is 2.42. The number of hydrogen-bond acceptors (Lipinski definition) is 2. The molecule has 0 saturated carbocycles. The SMILES string of the molecule is C=C/C=C\c1cc/c(=C/C=C(\C)c2ccc3sc4cccc(-c5cccc6ncccc56)c4c3c2)c(=C)c1C. The summed E-state index contributed by atoms with van der Waals surface area (Å²) >= 11 is 1.85. The summed E-state index contributed by atoms with van der Waals surface area (Å²) in [7, 11) is 0. The van der Waals surface area contributed by atoms with Crippen molar-refractivity contribution in [1.29, 1.82) is 0 Å². The number of nitrogens with zero attached hydrogens (tertiary/aromatic N) is 1. The Kier molecular flexibility index (Phi) is 6.56. The normalized spacial score (nSPS) is 12.8. The van der Waals surface area contributed by atoms with Crippen LogP contribution in [0.25, 0.3) is 66.5 Å². The quantitative estimate of drug-likeness (QED) is 0.207. The van der Waals surface area contributed by atoms with Crippen molar-refractivity contribution in [2.24, 2.45) is 0 Å². The van der Waals surface area contributed by atoms with Gasteiger partial charge < -0.3 is 0 Å². The summed E-state index contributed by atoms with van der Waals surface area (Å²) in [5.41, 5.74) is 8.30. The van der Waals surface area contributed by atoms with Crippen LogP contribution in [0.1, 0.15) is 23.6 Å². The average Bonchev–Trinajstić information content (AvgIpc) is 3.35. The van der Waals surface area contributed by atoms with Crippen molar-refractivity contribution in [3.8, 4) is 11.1 Å². The maximum absolute atomic E-state index is 4.59. The van der Waals surface area contributed by atoms with Crippen LogP contribution >= 0.6 is 11.3 Å². The first-order valence-corrected chi connectivity index (χ1v) is 13.9. The summed E-state index contributed by atoms with van der Waals surface area (Å²) in [5.74, 6) is 0. The molecule has 0 atom stereocenters. The zero-order valence-corrected chi connectivity index (χ0v) is 23.1. The lowest BCUT2D eigenvalue weighted by Gasteiger charge is -2.09. The molecule has 0 radical (unpaired) electrons. The maximum Gasteiger partial charge on any atom is 0.0708 e. The summed E-state index contributed by atoms with van der Waals surface area (Å²) in [6.07, 6.45) is 12.1. The lowest BCUT2D eigenvalue weighted by Crippen LogP contribution is -2.26. The van der Waals surface area contributed by atoms with Gasteiger partial charge in [-0.1, -0.05) is 92.1 Å². The largest absolute Gasteiger partial charge is 0.256 e. The van der Waals surface area contributed by atoms with E-state index in [2.05, 4.69) is 123 Å². The number of benzene rings is 4. The van der Waals surface area contributed by atoms with Gasteiger partial charge in [-0.2, -0.15) is 0 Å². The first-order chi connectivity index (χ1) is 19.0. The van der Waals surface area contributed by atoms with E-state index in [4.69, 9.17) is 0 Å². The summed E-state index contributed by atoms with van der Waals surface area (Å²) in [6, 6.07) is 28.4. The third-order valence-corrected chi connectivity index (χ3v) is 8.62. The Morgan fingerprint density at radius 3 is 2.59 bits per heavy atom. The Hall–Kier alpha value is -4.53. The fourth-order valence-electron chi connectivity index (χ4n) is 5.25. The second kappa shape index (κ2) is 10.3. The predicted molar refractivity (Wildman–Crippen MR) is 173 cm³/mol. The van der Waals surface area contributed by atoms with Gasteiger partial charge in [-0.25, -0.2) is 0 Å². The highest BCUT2D eigenvalue weighted by molar-refractivity contribution is 7.25. The van der Waals surface area contributed by atoms with E-state index < -0.39 is 0 Å². The Morgan fingerprint density at radius 2 is 1.72 bits per heavy atom. The highest BCUT2D eigenvalue weighted by atomic mass is 32.1. The number of rotatable bonds is 5. The fourth-order valence-corrected chi connectivity index (χ4v) is 6.36. The van der Waals surface area contributed by atoms with E-state index in [9.17, 15) is 0 Å². The molecule has 2 heteroatoms. The first kappa shape index (κ1) is 24.8. The van der Waals surface area contributed by atoms with Gasteiger partial charge in [0.05, 0.1) is 5.52 Å². The lowest BCUT2D eigenvalue weighted by atomic mass is 9.95. The van der Waals surface area contributed by atoms with Crippen molar-refractivity contribution in [3.63, 3.8) is 0 Å². The molecule has 0 fully saturated rings. The molecule has 0 aliphatic rings. The lowest BCUT2D eigenvalue weighted by molar-refractivity contribution is 1.36. The van der Waals surface area contributed by atoms with E-state index in [-0.39, 0.29) is 0 Å². The van der Waals surface area contributed by atoms with Gasteiger partial charge in [-0.05, 0) is 88.0 Å². The zero-order chi connectivity index (χ0) is 26.9. The molecule has 0 unspecified atom stereocenters. The molecule has 188 valence electrons. The van der Waals surface area contributed by atoms with E-state index in [0.29, 0.717) is 0 Å². The van der Waals surface area contributed by atoms with Crippen molar-refractivity contribution < 1.29 is 0 Å². The van der Waals surface area contributed by atoms with E-state index in [1.807, 2.05) is 29.7 Å². The average molecular weight is 520 g/mol. The Bertz CT molecular complexity index is 2070. The summed E-state index contributed by atoms with van der Waals surface area (Å²) in [4.78, 5) is 4.59. The minimum Gasteiger partial charge on any atom is -0.256 e. The molecule has 0 bridgehead atoms. The van der Waals surface area contributed by atoms with E-state index >= 15 is 0 Å². The standard InChI is InChI=1S/C37H29NS/c1-5-6-10-27-18-19-28(26(4)25(27)3)17-16-24(2)29-20-21-35-33(23-29)37-32(12-8-15-36(37)39-35)30-11-7-14-34-31(30)13-9-22-38-34/h5-23H,1,4H2,2-3H3/b10-6-,24-16+,28-17-. The molecule has 0 amide bonds. The van der Waals surface area contributed by atoms with Gasteiger partial charge >= 0.3 is 0 Å². The van der Waals surface area contributed by atoms with Crippen molar-refractivity contribution in [2.75, 3.05) is 0 Å². The highest BCUT2D eigenvalue weighted by Gasteiger charge is 2.13. The van der Waals surface area contributed by atoms with E-state index in [0.717, 1.165) is 16.0 Å². The van der Waals surface area contributed by atoms with Crippen LogP contribution < -0.4 is 10.4 Å². The zero-order valence-electron chi connectivity index (χ0n) is 22.2. The Balaban J connectivity index is 1.47. The number of fused-ring (bicyclic) bond motifs is 4. The molecule has 2 heterocycles. The Morgan fingerprint density at radius 1 is 0.872 bits per heavy atom. The number of thiophene rings is 1. The maximum atomic E-state index is 4.59. The summed E-state index contributed by atoms with van der Waals surface area (Å²) < 4.78 is 2.60. The molecule has 6 rings (SSSR count). The van der Waals surface area contributed by atoms with Crippen molar-refractivity contribution in [3.05, 3.63) is 137 Å². The molecule has 0 N–H and O–H groups in total. The number of aromatic nitrogens is 1. The topological polar surface area (TPSA) is 12.9 Å². The van der Waals surface area contributed by atoms with E-state index in [1.165, 1.54) is 58.9 Å². The predicted octanol–water partition coefficient (Wildman–Crippen LogP) is 9.07. The van der Waals surface area contributed by atoms with Gasteiger partial charge in [0, 0.05) is 31.8 Å². The Labute approximate surface area is 233 Å². The molecule has 4 aromatic carbocycles. The number of pyridine rings is 1. The second-order valence-corrected chi connectivity index (χ2v) is 10.9. The summed E-state index contributed by atoms with van der Waals surface area (Å²) in [6.45, 7) is 12.4. The van der Waals surface area contributed by atoms with Crippen LogP contribution in [0, 0.1) is 6.92 Å². The second-order valence-electron chi connectivity index (χ2n) is 9.83. The van der Waals surface area contributed by atoms with Crippen LogP contribution in [0.5, 0.6) is 0 Å². The first-order valence-electron chi connectivity index (χ1n) is 13.1. The monoisotopic (exact) mass is 519 g/mol. The molecular weight excluding hydrogens is 490 g/mol. The molecule has 0 spiro atoms.